The molecule has 5 heteroatoms. The molecule has 1 amide bonds. The number of carbonyl (C=O) groups excluding carboxylic acids is 1. The molecule has 0 saturated carbocycles. The number of halogens is 1. The van der Waals surface area contributed by atoms with Gasteiger partial charge in [-0.05, 0) is 37.6 Å². The molecule has 0 atom stereocenters. The first-order valence-electron chi connectivity index (χ1n) is 5.73. The van der Waals surface area contributed by atoms with Gasteiger partial charge in [0.05, 0.1) is 5.69 Å². The van der Waals surface area contributed by atoms with Crippen molar-refractivity contribution < 1.29 is 4.79 Å². The van der Waals surface area contributed by atoms with Gasteiger partial charge in [-0.25, -0.2) is 4.98 Å². The maximum atomic E-state index is 11.7. The van der Waals surface area contributed by atoms with Crippen molar-refractivity contribution in [2.24, 2.45) is 0 Å². The van der Waals surface area contributed by atoms with E-state index < -0.39 is 0 Å². The summed E-state index contributed by atoms with van der Waals surface area (Å²) in [6.45, 7) is 3.90. The number of aromatic nitrogens is 1. The molecular weight excluding hydrogens is 280 g/mol. The van der Waals surface area contributed by atoms with Crippen molar-refractivity contribution in [1.29, 1.82) is 0 Å². The number of thiazole rings is 1. The van der Waals surface area contributed by atoms with Crippen LogP contribution in [-0.4, -0.2) is 10.9 Å². The SMILES string of the molecule is Cc1nc(NC(=O)C=Cc2cccc(Cl)c2)sc1C. The molecule has 0 aliphatic carbocycles. The van der Waals surface area contributed by atoms with Crippen LogP contribution in [-0.2, 0) is 4.79 Å². The van der Waals surface area contributed by atoms with E-state index in [4.69, 9.17) is 11.6 Å². The van der Waals surface area contributed by atoms with E-state index >= 15 is 0 Å². The second kappa shape index (κ2) is 5.99. The van der Waals surface area contributed by atoms with Crippen molar-refractivity contribution in [1.82, 2.24) is 4.98 Å². The van der Waals surface area contributed by atoms with Crippen LogP contribution >= 0.6 is 22.9 Å². The lowest BCUT2D eigenvalue weighted by Gasteiger charge is -1.96. The molecule has 0 radical (unpaired) electrons. The van der Waals surface area contributed by atoms with Gasteiger partial charge in [0.1, 0.15) is 0 Å². The zero-order valence-electron chi connectivity index (χ0n) is 10.6. The number of hydrogen-bond acceptors (Lipinski definition) is 3. The summed E-state index contributed by atoms with van der Waals surface area (Å²) in [6.07, 6.45) is 3.19. The van der Waals surface area contributed by atoms with Gasteiger partial charge < -0.3 is 0 Å². The maximum absolute atomic E-state index is 11.7. The van der Waals surface area contributed by atoms with Crippen molar-refractivity contribution in [3.8, 4) is 0 Å². The largest absolute Gasteiger partial charge is 0.298 e. The van der Waals surface area contributed by atoms with Crippen LogP contribution in [0.5, 0.6) is 0 Å². The molecule has 0 fully saturated rings. The lowest BCUT2D eigenvalue weighted by Crippen LogP contribution is -2.07. The third-order valence-corrected chi connectivity index (χ3v) is 3.76. The normalized spacial score (nSPS) is 10.9. The summed E-state index contributed by atoms with van der Waals surface area (Å²) in [5.41, 5.74) is 1.83. The van der Waals surface area contributed by atoms with E-state index in [9.17, 15) is 4.79 Å². The summed E-state index contributed by atoms with van der Waals surface area (Å²) in [6, 6.07) is 7.31. The molecule has 3 nitrogen and oxygen atoms in total. The molecule has 2 rings (SSSR count). The van der Waals surface area contributed by atoms with Crippen molar-refractivity contribution in [3.05, 3.63) is 51.5 Å². The Kier molecular flexibility index (Phi) is 4.35. The fourth-order valence-corrected chi connectivity index (χ4v) is 2.47. The van der Waals surface area contributed by atoms with Gasteiger partial charge in [0.25, 0.3) is 0 Å². The average Bonchev–Trinajstić information content (AvgIpc) is 2.66. The molecule has 0 spiro atoms. The molecule has 0 bridgehead atoms. The van der Waals surface area contributed by atoms with Gasteiger partial charge in [0.2, 0.25) is 5.91 Å². The number of nitrogens with one attached hydrogen (secondary N) is 1. The fraction of sp³-hybridized carbons (Fsp3) is 0.143. The van der Waals surface area contributed by atoms with Crippen molar-refractivity contribution in [2.75, 3.05) is 5.32 Å². The van der Waals surface area contributed by atoms with Gasteiger partial charge >= 0.3 is 0 Å². The number of hydrogen-bond donors (Lipinski definition) is 1. The Morgan fingerprint density at radius 2 is 2.21 bits per heavy atom. The molecule has 2 aromatic rings. The Hall–Kier alpha value is -1.65. The van der Waals surface area contributed by atoms with E-state index in [-0.39, 0.29) is 5.91 Å². The van der Waals surface area contributed by atoms with Crippen LogP contribution in [0.1, 0.15) is 16.1 Å². The van der Waals surface area contributed by atoms with Crippen LogP contribution in [0.3, 0.4) is 0 Å². The third-order valence-electron chi connectivity index (χ3n) is 2.53. The van der Waals surface area contributed by atoms with Gasteiger partial charge in [-0.2, -0.15) is 0 Å². The Balaban J connectivity index is 2.01. The molecule has 19 heavy (non-hydrogen) atoms. The van der Waals surface area contributed by atoms with Crippen LogP contribution in [0.2, 0.25) is 5.02 Å². The van der Waals surface area contributed by atoms with Gasteiger partial charge in [0, 0.05) is 16.0 Å². The first-order valence-corrected chi connectivity index (χ1v) is 6.93. The molecule has 0 aliphatic rings. The summed E-state index contributed by atoms with van der Waals surface area (Å²) in [5.74, 6) is -0.200. The minimum absolute atomic E-state index is 0.200. The smallest absolute Gasteiger partial charge is 0.250 e. The highest BCUT2D eigenvalue weighted by Gasteiger charge is 2.05. The predicted molar refractivity (Wildman–Crippen MR) is 80.7 cm³/mol. The van der Waals surface area contributed by atoms with Gasteiger partial charge in [0.15, 0.2) is 5.13 Å². The highest BCUT2D eigenvalue weighted by atomic mass is 35.5. The van der Waals surface area contributed by atoms with E-state index in [2.05, 4.69) is 10.3 Å². The number of anilines is 1. The lowest BCUT2D eigenvalue weighted by atomic mass is 10.2. The molecular formula is C14H13ClN2OS. The van der Waals surface area contributed by atoms with Crippen LogP contribution in [0.4, 0.5) is 5.13 Å². The van der Waals surface area contributed by atoms with Gasteiger partial charge in [-0.1, -0.05) is 23.7 Å². The number of nitrogens with zero attached hydrogens (tertiary/aromatic N) is 1. The second-order valence-electron chi connectivity index (χ2n) is 4.04. The second-order valence-corrected chi connectivity index (χ2v) is 5.68. The summed E-state index contributed by atoms with van der Waals surface area (Å²) >= 11 is 7.34. The molecule has 1 N–H and O–H groups in total. The lowest BCUT2D eigenvalue weighted by molar-refractivity contribution is -0.111. The van der Waals surface area contributed by atoms with Crippen molar-refractivity contribution in [2.45, 2.75) is 13.8 Å². The molecule has 1 aromatic heterocycles. The molecule has 0 saturated heterocycles. The molecule has 98 valence electrons. The predicted octanol–water partition coefficient (Wildman–Crippen LogP) is 4.07. The average molecular weight is 293 g/mol. The maximum Gasteiger partial charge on any atom is 0.250 e. The topological polar surface area (TPSA) is 42.0 Å². The standard InChI is InChI=1S/C14H13ClN2OS/c1-9-10(2)19-14(16-9)17-13(18)7-6-11-4-3-5-12(15)8-11/h3-8H,1-2H3,(H,16,17,18). The summed E-state index contributed by atoms with van der Waals surface area (Å²) in [7, 11) is 0. The quantitative estimate of drug-likeness (QED) is 0.867. The zero-order chi connectivity index (χ0) is 13.8. The summed E-state index contributed by atoms with van der Waals surface area (Å²) in [4.78, 5) is 17.1. The van der Waals surface area contributed by atoms with Crippen molar-refractivity contribution in [3.63, 3.8) is 0 Å². The zero-order valence-corrected chi connectivity index (χ0v) is 12.2. The van der Waals surface area contributed by atoms with Crippen molar-refractivity contribution >= 4 is 40.1 Å². The first-order chi connectivity index (χ1) is 9.04. The van der Waals surface area contributed by atoms with Crippen LogP contribution < -0.4 is 5.32 Å². The Morgan fingerprint density at radius 1 is 1.42 bits per heavy atom. The van der Waals surface area contributed by atoms with E-state index in [1.54, 1.807) is 18.2 Å². The number of rotatable bonds is 3. The van der Waals surface area contributed by atoms with Crippen LogP contribution in [0.25, 0.3) is 6.08 Å². The number of carbonyl (C=O) groups is 1. The highest BCUT2D eigenvalue weighted by Crippen LogP contribution is 2.21. The Morgan fingerprint density at radius 3 is 2.84 bits per heavy atom. The first kappa shape index (κ1) is 13.8. The minimum atomic E-state index is -0.200. The Labute approximate surface area is 120 Å². The van der Waals surface area contributed by atoms with Crippen LogP contribution in [0.15, 0.2) is 30.3 Å². The number of amides is 1. The highest BCUT2D eigenvalue weighted by molar-refractivity contribution is 7.15. The third kappa shape index (κ3) is 3.91. The van der Waals surface area contributed by atoms with E-state index in [1.807, 2.05) is 26.0 Å². The molecule has 0 aliphatic heterocycles. The number of benzene rings is 1. The molecule has 0 unspecified atom stereocenters. The molecule has 1 aromatic carbocycles. The van der Waals surface area contributed by atoms with Gasteiger partial charge in [-0.15, -0.1) is 11.3 Å². The van der Waals surface area contributed by atoms with E-state index in [0.29, 0.717) is 10.2 Å². The number of aryl methyl sites for hydroxylation is 2. The van der Waals surface area contributed by atoms with Crippen LogP contribution in [0, 0.1) is 13.8 Å². The van der Waals surface area contributed by atoms with E-state index in [0.717, 1.165) is 16.1 Å². The van der Waals surface area contributed by atoms with E-state index in [1.165, 1.54) is 17.4 Å². The monoisotopic (exact) mass is 292 g/mol. The fourth-order valence-electron chi connectivity index (χ4n) is 1.46. The Bertz CT molecular complexity index is 615. The summed E-state index contributed by atoms with van der Waals surface area (Å²) in [5, 5.41) is 4.01. The molecule has 1 heterocycles. The minimum Gasteiger partial charge on any atom is -0.298 e. The van der Waals surface area contributed by atoms with Gasteiger partial charge in [-0.3, -0.25) is 10.1 Å². The summed E-state index contributed by atoms with van der Waals surface area (Å²) < 4.78 is 0.